The second kappa shape index (κ2) is 4.12. The molecule has 0 saturated heterocycles. The van der Waals surface area contributed by atoms with E-state index in [1.54, 1.807) is 6.07 Å². The van der Waals surface area contributed by atoms with Crippen molar-refractivity contribution in [3.05, 3.63) is 33.2 Å². The van der Waals surface area contributed by atoms with Crippen LogP contribution in [0.2, 0.25) is 0 Å². The summed E-state index contributed by atoms with van der Waals surface area (Å²) in [6, 6.07) is 1.54. The van der Waals surface area contributed by atoms with Gasteiger partial charge in [0.05, 0.1) is 0 Å². The third-order valence-electron chi connectivity index (χ3n) is 3.33. The molecule has 86 valence electrons. The van der Waals surface area contributed by atoms with Crippen LogP contribution in [0.3, 0.4) is 0 Å². The van der Waals surface area contributed by atoms with Gasteiger partial charge in [0.2, 0.25) is 0 Å². The van der Waals surface area contributed by atoms with Gasteiger partial charge in [-0.3, -0.25) is 4.79 Å². The number of carbonyl (C=O) groups is 1. The van der Waals surface area contributed by atoms with Crippen molar-refractivity contribution in [2.75, 3.05) is 0 Å². The van der Waals surface area contributed by atoms with Crippen LogP contribution in [0, 0.1) is 5.92 Å². The van der Waals surface area contributed by atoms with Gasteiger partial charge in [0.15, 0.2) is 0 Å². The Morgan fingerprint density at radius 3 is 3.00 bits per heavy atom. The molecule has 0 radical (unpaired) electrons. The summed E-state index contributed by atoms with van der Waals surface area (Å²) >= 11 is 0. The number of nitrogens with one attached hydrogen (secondary N) is 1. The number of aromatic carboxylic acids is 1. The number of aromatic nitrogens is 1. The molecule has 1 atom stereocenters. The van der Waals surface area contributed by atoms with Crippen molar-refractivity contribution in [3.8, 4) is 0 Å². The lowest BCUT2D eigenvalue weighted by molar-refractivity contribution is 0.0694. The summed E-state index contributed by atoms with van der Waals surface area (Å²) in [6.45, 7) is 2.14. The summed E-state index contributed by atoms with van der Waals surface area (Å²) in [4.78, 5) is 25.0. The quantitative estimate of drug-likeness (QED) is 0.796. The molecule has 0 spiro atoms. The topological polar surface area (TPSA) is 70.2 Å². The zero-order chi connectivity index (χ0) is 11.7. The van der Waals surface area contributed by atoms with E-state index < -0.39 is 11.5 Å². The molecule has 16 heavy (non-hydrogen) atoms. The van der Waals surface area contributed by atoms with E-state index in [0.717, 1.165) is 36.9 Å². The molecule has 1 heterocycles. The van der Waals surface area contributed by atoms with Crippen LogP contribution in [0.4, 0.5) is 0 Å². The number of fused-ring (bicyclic) bond motifs is 1. The van der Waals surface area contributed by atoms with Crippen LogP contribution in [-0.2, 0) is 12.8 Å². The van der Waals surface area contributed by atoms with Crippen molar-refractivity contribution in [3.63, 3.8) is 0 Å². The second-order valence-corrected chi connectivity index (χ2v) is 4.34. The highest BCUT2D eigenvalue weighted by Crippen LogP contribution is 2.25. The van der Waals surface area contributed by atoms with Gasteiger partial charge in [-0.25, -0.2) is 4.79 Å². The molecular formula is C12H15NO3. The molecule has 0 amide bonds. The molecule has 1 aromatic heterocycles. The lowest BCUT2D eigenvalue weighted by Gasteiger charge is -2.23. The van der Waals surface area contributed by atoms with Crippen LogP contribution in [0.5, 0.6) is 0 Å². The molecule has 4 heteroatoms. The minimum Gasteiger partial charge on any atom is -0.477 e. The zero-order valence-corrected chi connectivity index (χ0v) is 9.25. The number of H-pyrrole nitrogens is 1. The highest BCUT2D eigenvalue weighted by atomic mass is 16.4. The highest BCUT2D eigenvalue weighted by Gasteiger charge is 2.20. The summed E-state index contributed by atoms with van der Waals surface area (Å²) in [5.41, 5.74) is 1.28. The first kappa shape index (κ1) is 10.9. The third-order valence-corrected chi connectivity index (χ3v) is 3.33. The van der Waals surface area contributed by atoms with Crippen molar-refractivity contribution in [2.45, 2.75) is 32.6 Å². The Hall–Kier alpha value is -1.58. The maximum atomic E-state index is 11.4. The lowest BCUT2D eigenvalue weighted by atomic mass is 9.84. The average molecular weight is 221 g/mol. The number of hydrogen-bond donors (Lipinski definition) is 2. The first-order valence-corrected chi connectivity index (χ1v) is 5.60. The van der Waals surface area contributed by atoms with Crippen LogP contribution in [0.1, 0.15) is 41.4 Å². The fraction of sp³-hybridized carbons (Fsp3) is 0.500. The van der Waals surface area contributed by atoms with Crippen molar-refractivity contribution in [2.24, 2.45) is 5.92 Å². The normalized spacial score (nSPS) is 19.2. The first-order chi connectivity index (χ1) is 7.61. The monoisotopic (exact) mass is 221 g/mol. The van der Waals surface area contributed by atoms with E-state index in [-0.39, 0.29) is 5.56 Å². The van der Waals surface area contributed by atoms with Crippen LogP contribution in [0.25, 0.3) is 0 Å². The molecule has 4 nitrogen and oxygen atoms in total. The van der Waals surface area contributed by atoms with E-state index in [0.29, 0.717) is 5.92 Å². The summed E-state index contributed by atoms with van der Waals surface area (Å²) in [5, 5.41) is 8.87. The van der Waals surface area contributed by atoms with Crippen molar-refractivity contribution in [1.82, 2.24) is 4.98 Å². The lowest BCUT2D eigenvalue weighted by Crippen LogP contribution is -2.24. The zero-order valence-electron chi connectivity index (χ0n) is 9.25. The van der Waals surface area contributed by atoms with Crippen LogP contribution in [0.15, 0.2) is 10.9 Å². The fourth-order valence-electron chi connectivity index (χ4n) is 2.29. The van der Waals surface area contributed by atoms with Crippen molar-refractivity contribution in [1.29, 1.82) is 0 Å². The number of aromatic amines is 1. The molecule has 0 aliphatic heterocycles. The van der Waals surface area contributed by atoms with Gasteiger partial charge in [-0.2, -0.15) is 0 Å². The molecular weight excluding hydrogens is 206 g/mol. The highest BCUT2D eigenvalue weighted by molar-refractivity contribution is 5.87. The Kier molecular flexibility index (Phi) is 2.81. The molecule has 1 unspecified atom stereocenters. The predicted molar refractivity (Wildman–Crippen MR) is 59.8 cm³/mol. The van der Waals surface area contributed by atoms with E-state index in [2.05, 4.69) is 11.9 Å². The number of rotatable bonds is 2. The Morgan fingerprint density at radius 2 is 2.38 bits per heavy atom. The molecule has 1 aliphatic carbocycles. The summed E-state index contributed by atoms with van der Waals surface area (Å²) in [6.07, 6.45) is 3.90. The van der Waals surface area contributed by atoms with Crippen molar-refractivity contribution < 1.29 is 9.90 Å². The van der Waals surface area contributed by atoms with E-state index in [1.807, 2.05) is 0 Å². The standard InChI is InChI=1S/C12H15NO3/c1-2-7-3-4-10-8(5-7)6-9(12(15)16)11(14)13-10/h6-7H,2-5H2,1H3,(H,13,14)(H,15,16). The molecule has 2 N–H and O–H groups in total. The van der Waals surface area contributed by atoms with Gasteiger partial charge in [0.25, 0.3) is 5.56 Å². The molecule has 1 aliphatic rings. The molecule has 2 rings (SSSR count). The van der Waals surface area contributed by atoms with Gasteiger partial charge >= 0.3 is 5.97 Å². The van der Waals surface area contributed by atoms with Gasteiger partial charge in [-0.15, -0.1) is 0 Å². The molecule has 0 fully saturated rings. The maximum absolute atomic E-state index is 11.4. The molecule has 0 bridgehead atoms. The summed E-state index contributed by atoms with van der Waals surface area (Å²) in [7, 11) is 0. The van der Waals surface area contributed by atoms with Crippen LogP contribution in [-0.4, -0.2) is 16.1 Å². The van der Waals surface area contributed by atoms with Crippen molar-refractivity contribution >= 4 is 5.97 Å². The molecule has 1 aromatic rings. The summed E-state index contributed by atoms with van der Waals surface area (Å²) < 4.78 is 0. The number of carboxylic acid groups (broad SMARTS) is 1. The second-order valence-electron chi connectivity index (χ2n) is 4.34. The first-order valence-electron chi connectivity index (χ1n) is 5.60. The Morgan fingerprint density at radius 1 is 1.62 bits per heavy atom. The van der Waals surface area contributed by atoms with Crippen LogP contribution < -0.4 is 5.56 Å². The molecule has 0 saturated carbocycles. The minimum atomic E-state index is -1.15. The SMILES string of the molecule is CCC1CCc2[nH]c(=O)c(C(=O)O)cc2C1. The largest absolute Gasteiger partial charge is 0.477 e. The Bertz CT molecular complexity index is 476. The predicted octanol–water partition coefficient (Wildman–Crippen LogP) is 1.59. The van der Waals surface area contributed by atoms with E-state index >= 15 is 0 Å². The smallest absolute Gasteiger partial charge is 0.341 e. The van der Waals surface area contributed by atoms with Gasteiger partial charge in [-0.1, -0.05) is 13.3 Å². The number of carboxylic acids is 1. The fourth-order valence-corrected chi connectivity index (χ4v) is 2.29. The maximum Gasteiger partial charge on any atom is 0.341 e. The Labute approximate surface area is 93.3 Å². The van der Waals surface area contributed by atoms with Gasteiger partial charge < -0.3 is 10.1 Å². The van der Waals surface area contributed by atoms with Crippen LogP contribution >= 0.6 is 0 Å². The molecule has 0 aromatic carbocycles. The number of hydrogen-bond acceptors (Lipinski definition) is 2. The number of pyridine rings is 1. The van der Waals surface area contributed by atoms with Gasteiger partial charge in [0, 0.05) is 5.69 Å². The summed E-state index contributed by atoms with van der Waals surface area (Å²) in [5.74, 6) is -0.539. The number of aryl methyl sites for hydroxylation is 1. The Balaban J connectivity index is 2.44. The van der Waals surface area contributed by atoms with Gasteiger partial charge in [0.1, 0.15) is 5.56 Å². The average Bonchev–Trinajstić information content (AvgIpc) is 2.27. The van der Waals surface area contributed by atoms with Gasteiger partial charge in [-0.05, 0) is 36.8 Å². The van der Waals surface area contributed by atoms with E-state index in [4.69, 9.17) is 5.11 Å². The third kappa shape index (κ3) is 1.87. The van der Waals surface area contributed by atoms with E-state index in [1.165, 1.54) is 0 Å². The minimum absolute atomic E-state index is 0.143. The van der Waals surface area contributed by atoms with E-state index in [9.17, 15) is 9.59 Å².